The minimum Gasteiger partial charge on any atom is -0.507 e. The Hall–Kier alpha value is -3.76. The van der Waals surface area contributed by atoms with Crippen LogP contribution in [0.5, 0.6) is 17.4 Å². The molecule has 13 heteroatoms. The fourth-order valence-electron chi connectivity index (χ4n) is 2.39. The summed E-state index contributed by atoms with van der Waals surface area (Å²) in [5.41, 5.74) is 2.53. The molecule has 1 heterocycles. The summed E-state index contributed by atoms with van der Waals surface area (Å²) in [6, 6.07) is 3.64. The second-order valence-corrected chi connectivity index (χ2v) is 6.75. The van der Waals surface area contributed by atoms with E-state index in [4.69, 9.17) is 9.47 Å². The molecule has 0 radical (unpaired) electrons. The van der Waals surface area contributed by atoms with Gasteiger partial charge in [0.2, 0.25) is 5.88 Å². The average Bonchev–Trinajstić information content (AvgIpc) is 2.71. The van der Waals surface area contributed by atoms with Gasteiger partial charge in [0.15, 0.2) is 12.4 Å². The van der Waals surface area contributed by atoms with Gasteiger partial charge < -0.3 is 19.7 Å². The van der Waals surface area contributed by atoms with E-state index in [-0.39, 0.29) is 23.6 Å². The van der Waals surface area contributed by atoms with Crippen LogP contribution in [0, 0.1) is 28.4 Å². The van der Waals surface area contributed by atoms with Crippen LogP contribution in [0.1, 0.15) is 22.4 Å². The molecule has 0 atom stereocenters. The number of carbonyl (C=O) groups is 1. The first-order valence-electron chi connectivity index (χ1n) is 8.42. The maximum absolute atomic E-state index is 12.0. The lowest BCUT2D eigenvalue weighted by Crippen LogP contribution is -2.25. The first kappa shape index (κ1) is 23.5. The zero-order valence-electron chi connectivity index (χ0n) is 16.2. The Morgan fingerprint density at radius 3 is 2.77 bits per heavy atom. The van der Waals surface area contributed by atoms with Crippen LogP contribution in [0.15, 0.2) is 21.7 Å². The zero-order valence-corrected chi connectivity index (χ0v) is 17.8. The standard InChI is InChI=1S/C18H16BrN5O7/c1-9-17(19)12(7-30-2)11(5-20)18(22-9)31-8-16(27)23-21-6-10-3-13(24(28)29)15(26)4-14(10)25/h3-4,6,25-26H,7-8H2,1-2H3,(H,23,27)/b21-6-. The first-order valence-corrected chi connectivity index (χ1v) is 9.21. The topological polar surface area (TPSA) is 180 Å². The minimum atomic E-state index is -0.837. The van der Waals surface area contributed by atoms with Gasteiger partial charge in [-0.25, -0.2) is 10.4 Å². The zero-order chi connectivity index (χ0) is 23.1. The molecule has 0 bridgehead atoms. The van der Waals surface area contributed by atoms with E-state index in [0.29, 0.717) is 15.7 Å². The number of phenolic OH excluding ortho intramolecular Hbond substituents is 2. The summed E-state index contributed by atoms with van der Waals surface area (Å²) in [6.45, 7) is 1.28. The van der Waals surface area contributed by atoms with Gasteiger partial charge in [-0.05, 0) is 22.9 Å². The van der Waals surface area contributed by atoms with Crippen molar-refractivity contribution in [2.24, 2.45) is 5.10 Å². The van der Waals surface area contributed by atoms with E-state index in [1.165, 1.54) is 7.11 Å². The molecular weight excluding hydrogens is 478 g/mol. The van der Waals surface area contributed by atoms with Crippen molar-refractivity contribution in [1.29, 1.82) is 5.26 Å². The van der Waals surface area contributed by atoms with Gasteiger partial charge in [-0.15, -0.1) is 0 Å². The number of nitrogens with one attached hydrogen (secondary N) is 1. The van der Waals surface area contributed by atoms with Gasteiger partial charge in [0.25, 0.3) is 5.91 Å². The summed E-state index contributed by atoms with van der Waals surface area (Å²) < 4.78 is 11.0. The first-order chi connectivity index (χ1) is 14.7. The van der Waals surface area contributed by atoms with Crippen LogP contribution < -0.4 is 10.2 Å². The predicted octanol–water partition coefficient (Wildman–Crippen LogP) is 2.02. The fraction of sp³-hybridized carbons (Fsp3) is 0.222. The number of hydrogen-bond donors (Lipinski definition) is 3. The van der Waals surface area contributed by atoms with Gasteiger partial charge in [-0.1, -0.05) is 0 Å². The summed E-state index contributed by atoms with van der Waals surface area (Å²) in [7, 11) is 1.47. The summed E-state index contributed by atoms with van der Waals surface area (Å²) in [5.74, 6) is -1.96. The summed E-state index contributed by atoms with van der Waals surface area (Å²) >= 11 is 3.34. The van der Waals surface area contributed by atoms with E-state index >= 15 is 0 Å². The number of amides is 1. The average molecular weight is 494 g/mol. The molecule has 0 spiro atoms. The van der Waals surface area contributed by atoms with Crippen molar-refractivity contribution >= 4 is 33.7 Å². The molecule has 2 aromatic rings. The highest BCUT2D eigenvalue weighted by Gasteiger charge is 2.19. The third kappa shape index (κ3) is 5.65. The maximum atomic E-state index is 12.0. The number of ether oxygens (including phenoxy) is 2. The monoisotopic (exact) mass is 493 g/mol. The Labute approximate surface area is 184 Å². The van der Waals surface area contributed by atoms with Crippen molar-refractivity contribution in [2.45, 2.75) is 13.5 Å². The van der Waals surface area contributed by atoms with Gasteiger partial charge in [0.1, 0.15) is 17.4 Å². The Morgan fingerprint density at radius 1 is 1.45 bits per heavy atom. The van der Waals surface area contributed by atoms with E-state index < -0.39 is 34.6 Å². The number of carbonyl (C=O) groups excluding carboxylic acids is 1. The number of aryl methyl sites for hydroxylation is 1. The van der Waals surface area contributed by atoms with Gasteiger partial charge in [0.05, 0.1) is 23.4 Å². The molecule has 0 aliphatic carbocycles. The number of pyridine rings is 1. The maximum Gasteiger partial charge on any atom is 0.311 e. The molecule has 1 amide bonds. The van der Waals surface area contributed by atoms with Crippen LogP contribution in [0.3, 0.4) is 0 Å². The van der Waals surface area contributed by atoms with Gasteiger partial charge >= 0.3 is 5.69 Å². The van der Waals surface area contributed by atoms with Crippen molar-refractivity contribution in [2.75, 3.05) is 13.7 Å². The lowest BCUT2D eigenvalue weighted by Gasteiger charge is -2.13. The molecule has 162 valence electrons. The third-order valence-corrected chi connectivity index (χ3v) is 4.87. The molecule has 3 N–H and O–H groups in total. The Balaban J connectivity index is 2.09. The number of hydrazone groups is 1. The van der Waals surface area contributed by atoms with E-state index in [1.54, 1.807) is 6.92 Å². The highest BCUT2D eigenvalue weighted by molar-refractivity contribution is 9.10. The van der Waals surface area contributed by atoms with Crippen LogP contribution >= 0.6 is 15.9 Å². The Kier molecular flexibility index (Phi) is 7.83. The second-order valence-electron chi connectivity index (χ2n) is 5.95. The molecule has 0 saturated carbocycles. The molecule has 0 fully saturated rings. The van der Waals surface area contributed by atoms with E-state index in [1.807, 2.05) is 6.07 Å². The van der Waals surface area contributed by atoms with Crippen LogP contribution in [0.25, 0.3) is 0 Å². The molecule has 2 rings (SSSR count). The van der Waals surface area contributed by atoms with Crippen molar-refractivity contribution in [3.05, 3.63) is 49.1 Å². The molecule has 0 aliphatic heterocycles. The van der Waals surface area contributed by atoms with Crippen LogP contribution in [-0.4, -0.2) is 46.0 Å². The number of aromatic nitrogens is 1. The lowest BCUT2D eigenvalue weighted by molar-refractivity contribution is -0.385. The number of nitro benzene ring substituents is 1. The molecule has 12 nitrogen and oxygen atoms in total. The molecular formula is C18H16BrN5O7. The number of methoxy groups -OCH3 is 1. The molecule has 0 unspecified atom stereocenters. The van der Waals surface area contributed by atoms with Crippen molar-refractivity contribution in [3.63, 3.8) is 0 Å². The Morgan fingerprint density at radius 2 is 2.16 bits per heavy atom. The van der Waals surface area contributed by atoms with Crippen molar-refractivity contribution < 1.29 is 29.4 Å². The lowest BCUT2D eigenvalue weighted by atomic mass is 10.1. The van der Waals surface area contributed by atoms with Gasteiger partial charge in [-0.2, -0.15) is 10.4 Å². The largest absolute Gasteiger partial charge is 0.507 e. The van der Waals surface area contributed by atoms with Crippen molar-refractivity contribution in [3.8, 4) is 23.4 Å². The fourth-order valence-corrected chi connectivity index (χ4v) is 2.79. The number of phenols is 2. The van der Waals surface area contributed by atoms with E-state index in [9.17, 15) is 30.4 Å². The number of nitro groups is 1. The number of benzene rings is 1. The predicted molar refractivity (Wildman–Crippen MR) is 110 cm³/mol. The molecule has 31 heavy (non-hydrogen) atoms. The van der Waals surface area contributed by atoms with E-state index in [0.717, 1.165) is 18.3 Å². The summed E-state index contributed by atoms with van der Waals surface area (Å²) in [4.78, 5) is 26.1. The normalized spacial score (nSPS) is 10.6. The van der Waals surface area contributed by atoms with Crippen LogP contribution in [0.4, 0.5) is 5.69 Å². The second kappa shape index (κ2) is 10.3. The number of halogens is 1. The van der Waals surface area contributed by atoms with E-state index in [2.05, 4.69) is 31.4 Å². The van der Waals surface area contributed by atoms with Crippen LogP contribution in [0.2, 0.25) is 0 Å². The molecule has 0 saturated heterocycles. The number of nitriles is 1. The van der Waals surface area contributed by atoms with Gasteiger partial charge in [0, 0.05) is 34.8 Å². The highest BCUT2D eigenvalue weighted by Crippen LogP contribution is 2.32. The molecule has 1 aromatic carbocycles. The number of rotatable bonds is 8. The minimum absolute atomic E-state index is 0.0545. The SMILES string of the molecule is COCc1c(Br)c(C)nc(OCC(=O)N/N=C\c2cc([N+](=O)[O-])c(O)cc2O)c1C#N. The molecule has 0 aliphatic rings. The number of nitrogens with zero attached hydrogens (tertiary/aromatic N) is 4. The third-order valence-electron chi connectivity index (χ3n) is 3.82. The number of aromatic hydroxyl groups is 2. The summed E-state index contributed by atoms with van der Waals surface area (Å²) in [6.07, 6.45) is 0.957. The van der Waals surface area contributed by atoms with Crippen LogP contribution in [-0.2, 0) is 16.1 Å². The summed E-state index contributed by atoms with van der Waals surface area (Å²) in [5, 5.41) is 43.0. The quantitative estimate of drug-likeness (QED) is 0.281. The number of hydrogen-bond acceptors (Lipinski definition) is 10. The Bertz CT molecular complexity index is 1100. The van der Waals surface area contributed by atoms with Crippen molar-refractivity contribution in [1.82, 2.24) is 10.4 Å². The smallest absolute Gasteiger partial charge is 0.311 e. The highest BCUT2D eigenvalue weighted by atomic mass is 79.9. The molecule has 1 aromatic heterocycles. The van der Waals surface area contributed by atoms with Gasteiger partial charge in [-0.3, -0.25) is 14.9 Å².